The minimum Gasteiger partial charge on any atom is -0.397 e. The Balaban J connectivity index is 1.21. The fraction of sp³-hybridized carbons (Fsp3) is 0.476. The van der Waals surface area contributed by atoms with E-state index in [4.69, 9.17) is 62.6 Å². The second kappa shape index (κ2) is 11.3. The van der Waals surface area contributed by atoms with Gasteiger partial charge in [0.15, 0.2) is 41.6 Å². The van der Waals surface area contributed by atoms with Crippen LogP contribution >= 0.6 is 13.4 Å². The van der Waals surface area contributed by atoms with Gasteiger partial charge < -0.3 is 39.8 Å². The molecule has 3 fully saturated rings. The van der Waals surface area contributed by atoms with Crippen molar-refractivity contribution in [2.75, 3.05) is 24.7 Å². The first-order valence-electron chi connectivity index (χ1n) is 13.0. The molecule has 3 aliphatic rings. The highest BCUT2D eigenvalue weighted by Crippen LogP contribution is 2.54. The Labute approximate surface area is 260 Å². The number of ether oxygens (including phenoxy) is 2. The Kier molecular flexibility index (Phi) is 7.78. The number of aromatic amines is 1. The summed E-state index contributed by atoms with van der Waals surface area (Å²) in [5, 5.41) is 0. The molecule has 3 aliphatic heterocycles. The van der Waals surface area contributed by atoms with E-state index < -0.39 is 81.4 Å². The van der Waals surface area contributed by atoms with Crippen LogP contribution < -0.4 is 17.0 Å². The molecule has 0 saturated carbocycles. The minimum absolute atomic E-state index is 0.0852. The molecule has 2 bridgehead atoms. The van der Waals surface area contributed by atoms with Gasteiger partial charge in [-0.15, -0.1) is 0 Å². The Morgan fingerprint density at radius 1 is 0.889 bits per heavy atom. The SMILES string of the molecule is Nc1nc2c(ncn2[C@@H]2O[C@@H]3COP(O)(=S)O[C@H]4[C@@H](F)[C@H](n5cnc6c(N)ccnc65)O[C@@H]4COP(O)(=S)OC2[C@@H]3F)c(=O)[nH]1. The molecule has 0 amide bonds. The highest BCUT2D eigenvalue weighted by atomic mass is 32.5. The third kappa shape index (κ3) is 5.57. The topological polar surface area (TPSA) is 242 Å². The Hall–Kier alpha value is -2.59. The number of H-pyrrole nitrogens is 1. The van der Waals surface area contributed by atoms with Gasteiger partial charge in [0.25, 0.3) is 5.56 Å². The van der Waals surface area contributed by atoms with Gasteiger partial charge in [-0.3, -0.25) is 28.0 Å². The summed E-state index contributed by atoms with van der Waals surface area (Å²) in [6.07, 6.45) is -9.25. The third-order valence-corrected chi connectivity index (χ3v) is 10.5. The number of nitrogens with one attached hydrogen (secondary N) is 1. The summed E-state index contributed by atoms with van der Waals surface area (Å²) in [7, 11) is 0. The van der Waals surface area contributed by atoms with Gasteiger partial charge in [-0.25, -0.2) is 23.7 Å². The van der Waals surface area contributed by atoms with E-state index in [2.05, 4.69) is 24.9 Å². The average molecular weight is 710 g/mol. The van der Waals surface area contributed by atoms with Crippen molar-refractivity contribution in [1.82, 2.24) is 34.1 Å². The molecular weight excluding hydrogens is 686 g/mol. The number of hydrogen-bond acceptors (Lipinski definition) is 15. The van der Waals surface area contributed by atoms with Gasteiger partial charge in [0, 0.05) is 6.20 Å². The number of alkyl halides is 2. The summed E-state index contributed by atoms with van der Waals surface area (Å²) in [5.74, 6) is -0.254. The summed E-state index contributed by atoms with van der Waals surface area (Å²) >= 11 is 10.3. The van der Waals surface area contributed by atoms with E-state index in [1.54, 1.807) is 0 Å². The predicted octanol–water partition coefficient (Wildman–Crippen LogP) is 0.451. The normalized spacial score (nSPS) is 37.7. The van der Waals surface area contributed by atoms with Crippen LogP contribution in [0, 0.1) is 0 Å². The van der Waals surface area contributed by atoms with E-state index in [1.165, 1.54) is 23.2 Å². The lowest BCUT2D eigenvalue weighted by molar-refractivity contribution is -0.0599. The molecule has 0 radical (unpaired) electrons. The number of aromatic nitrogens is 7. The second-order valence-electron chi connectivity index (χ2n) is 10.2. The standard InChI is InChI=1S/C21H23F2N9O9P2S2/c22-10-8-3-36-42(34,44)40-14-9(39-19(11(14)23)31-5-27-12-7(24)1-2-26-16(12)31)4-37-43(35,45)41-15(10)20(38-8)32-6-28-13-17(32)29-21(25)30-18(13)33/h1-2,5-6,8-11,14-15,19-20H,3-4H2,(H2,24,26)(H,34,44)(H,35,45)(H3,25,29,30,33)/t8-,9-,10-,11-,14-,15?,19-,20-,42?,43?/m1/s1. The monoisotopic (exact) mass is 709 g/mol. The molecule has 24 heteroatoms. The fourth-order valence-corrected chi connectivity index (χ4v) is 8.16. The molecule has 242 valence electrons. The molecule has 3 saturated heterocycles. The number of nitrogen functional groups attached to an aromatic ring is 2. The van der Waals surface area contributed by atoms with E-state index in [0.29, 0.717) is 11.2 Å². The van der Waals surface area contributed by atoms with Gasteiger partial charge in [-0.1, -0.05) is 0 Å². The quantitative estimate of drug-likeness (QED) is 0.177. The maximum Gasteiger partial charge on any atom is 0.325 e. The Morgan fingerprint density at radius 2 is 1.51 bits per heavy atom. The number of fused-ring (bicyclic) bond motifs is 5. The predicted molar refractivity (Wildman–Crippen MR) is 157 cm³/mol. The van der Waals surface area contributed by atoms with Crippen LogP contribution in [0.15, 0.2) is 29.7 Å². The first-order chi connectivity index (χ1) is 21.3. The molecule has 18 nitrogen and oxygen atoms in total. The van der Waals surface area contributed by atoms with Crippen LogP contribution in [-0.4, -0.2) is 93.8 Å². The van der Waals surface area contributed by atoms with Crippen molar-refractivity contribution in [3.05, 3.63) is 35.3 Å². The smallest absolute Gasteiger partial charge is 0.325 e. The van der Waals surface area contributed by atoms with E-state index in [-0.39, 0.29) is 22.8 Å². The number of anilines is 2. The molecule has 4 aromatic rings. The summed E-state index contributed by atoms with van der Waals surface area (Å²) < 4.78 is 68.0. The van der Waals surface area contributed by atoms with Gasteiger partial charge >= 0.3 is 13.4 Å². The molecule has 0 aromatic carbocycles. The van der Waals surface area contributed by atoms with Crippen LogP contribution in [0.25, 0.3) is 22.3 Å². The summed E-state index contributed by atoms with van der Waals surface area (Å²) in [4.78, 5) is 52.9. The van der Waals surface area contributed by atoms with E-state index in [9.17, 15) is 14.6 Å². The largest absolute Gasteiger partial charge is 0.397 e. The molecule has 10 atom stereocenters. The van der Waals surface area contributed by atoms with Gasteiger partial charge in [-0.05, 0) is 29.7 Å². The molecule has 45 heavy (non-hydrogen) atoms. The lowest BCUT2D eigenvalue weighted by Gasteiger charge is -2.27. The highest BCUT2D eigenvalue weighted by molar-refractivity contribution is 8.07. The maximum atomic E-state index is 16.0. The fourth-order valence-electron chi connectivity index (χ4n) is 5.32. The molecule has 0 spiro atoms. The summed E-state index contributed by atoms with van der Waals surface area (Å²) in [6, 6.07) is 1.52. The van der Waals surface area contributed by atoms with E-state index in [1.807, 2.05) is 0 Å². The molecule has 4 aromatic heterocycles. The van der Waals surface area contributed by atoms with Crippen LogP contribution in [0.3, 0.4) is 0 Å². The molecular formula is C21H23F2N9O9P2S2. The first-order valence-corrected chi connectivity index (χ1v) is 18.2. The number of rotatable bonds is 2. The van der Waals surface area contributed by atoms with Crippen molar-refractivity contribution >= 4 is 71.0 Å². The molecule has 7 N–H and O–H groups in total. The zero-order valence-corrected chi connectivity index (χ0v) is 25.8. The molecule has 3 unspecified atom stereocenters. The van der Waals surface area contributed by atoms with Crippen molar-refractivity contribution in [2.45, 2.75) is 49.2 Å². The number of hydrogen-bond donors (Lipinski definition) is 5. The lowest BCUT2D eigenvalue weighted by Crippen LogP contribution is -2.34. The van der Waals surface area contributed by atoms with Crippen LogP contribution in [0.5, 0.6) is 0 Å². The van der Waals surface area contributed by atoms with Crippen molar-refractivity contribution in [2.24, 2.45) is 0 Å². The van der Waals surface area contributed by atoms with Gasteiger partial charge in [0.1, 0.15) is 29.9 Å². The Morgan fingerprint density at radius 3 is 2.24 bits per heavy atom. The molecule has 7 rings (SSSR count). The van der Waals surface area contributed by atoms with Gasteiger partial charge in [0.05, 0.1) is 31.6 Å². The van der Waals surface area contributed by atoms with Crippen LogP contribution in [0.1, 0.15) is 12.5 Å². The van der Waals surface area contributed by atoms with Crippen molar-refractivity contribution < 1.29 is 46.1 Å². The average Bonchev–Trinajstić information content (AvgIpc) is 3.72. The van der Waals surface area contributed by atoms with Gasteiger partial charge in [-0.2, -0.15) is 4.98 Å². The zero-order chi connectivity index (χ0) is 31.8. The first kappa shape index (κ1) is 31.0. The number of nitrogens with zero attached hydrogens (tertiary/aromatic N) is 6. The van der Waals surface area contributed by atoms with Crippen molar-refractivity contribution in [3.8, 4) is 0 Å². The number of imidazole rings is 2. The van der Waals surface area contributed by atoms with E-state index >= 15 is 8.78 Å². The lowest BCUT2D eigenvalue weighted by atomic mass is 10.1. The number of halogens is 2. The second-order valence-corrected chi connectivity index (χ2v) is 15.8. The molecule has 0 aliphatic carbocycles. The third-order valence-electron chi connectivity index (χ3n) is 7.34. The van der Waals surface area contributed by atoms with Crippen LogP contribution in [0.4, 0.5) is 20.4 Å². The Bertz CT molecular complexity index is 1950. The van der Waals surface area contributed by atoms with Gasteiger partial charge in [0.2, 0.25) is 5.95 Å². The van der Waals surface area contributed by atoms with Crippen molar-refractivity contribution in [1.29, 1.82) is 0 Å². The summed E-state index contributed by atoms with van der Waals surface area (Å²) in [6.45, 7) is -9.99. The van der Waals surface area contributed by atoms with Crippen LogP contribution in [-0.2, 0) is 51.2 Å². The van der Waals surface area contributed by atoms with Crippen molar-refractivity contribution in [3.63, 3.8) is 0 Å². The highest BCUT2D eigenvalue weighted by Gasteiger charge is 2.53. The zero-order valence-electron chi connectivity index (χ0n) is 22.4. The molecule has 7 heterocycles. The van der Waals surface area contributed by atoms with Crippen LogP contribution in [0.2, 0.25) is 0 Å². The maximum absolute atomic E-state index is 16.0. The number of nitrogens with two attached hydrogens (primary N) is 2. The summed E-state index contributed by atoms with van der Waals surface area (Å²) in [5.41, 5.74) is 11.5. The number of pyridine rings is 1. The van der Waals surface area contributed by atoms with E-state index in [0.717, 1.165) is 10.9 Å². The minimum atomic E-state index is -4.34.